The number of nitrogens with zero attached hydrogens (tertiary/aromatic N) is 2. The van der Waals surface area contributed by atoms with Gasteiger partial charge in [-0.3, -0.25) is 0 Å². The van der Waals surface area contributed by atoms with Gasteiger partial charge in [-0.25, -0.2) is 0 Å². The van der Waals surface area contributed by atoms with E-state index in [0.29, 0.717) is 0 Å². The first-order chi connectivity index (χ1) is 7.40. The number of rotatable bonds is 3. The fourth-order valence-electron chi connectivity index (χ4n) is 1.70. The van der Waals surface area contributed by atoms with Crippen molar-refractivity contribution in [1.82, 2.24) is 10.2 Å². The van der Waals surface area contributed by atoms with Crippen molar-refractivity contribution < 1.29 is 0 Å². The Morgan fingerprint density at radius 3 is 2.47 bits per heavy atom. The Labute approximate surface area is 90.0 Å². The Balaban J connectivity index is 2.24. The van der Waals surface area contributed by atoms with Gasteiger partial charge in [-0.1, -0.05) is 31.2 Å². The van der Waals surface area contributed by atoms with Crippen LogP contribution in [0.4, 0.5) is 0 Å². The Morgan fingerprint density at radius 2 is 1.80 bits per heavy atom. The fourth-order valence-corrected chi connectivity index (χ4v) is 1.70. The van der Waals surface area contributed by atoms with Crippen LogP contribution in [0.3, 0.4) is 0 Å². The highest BCUT2D eigenvalue weighted by molar-refractivity contribution is 5.30. The quantitative estimate of drug-likeness (QED) is 0.757. The molecule has 2 rings (SSSR count). The van der Waals surface area contributed by atoms with Crippen LogP contribution in [0.5, 0.6) is 0 Å². The lowest BCUT2D eigenvalue weighted by Crippen LogP contribution is -1.97. The van der Waals surface area contributed by atoms with Gasteiger partial charge >= 0.3 is 0 Å². The van der Waals surface area contributed by atoms with Gasteiger partial charge in [0.2, 0.25) is 0 Å². The van der Waals surface area contributed by atoms with Crippen LogP contribution in [0.25, 0.3) is 0 Å². The summed E-state index contributed by atoms with van der Waals surface area (Å²) >= 11 is 0. The van der Waals surface area contributed by atoms with Crippen molar-refractivity contribution in [1.29, 1.82) is 0 Å². The monoisotopic (exact) mass is 198 g/mol. The van der Waals surface area contributed by atoms with Crippen molar-refractivity contribution in [3.8, 4) is 0 Å². The summed E-state index contributed by atoms with van der Waals surface area (Å²) in [6, 6.07) is 12.4. The van der Waals surface area contributed by atoms with Gasteiger partial charge in [-0.2, -0.15) is 10.2 Å². The van der Waals surface area contributed by atoms with Crippen LogP contribution in [0.1, 0.15) is 23.7 Å². The summed E-state index contributed by atoms with van der Waals surface area (Å²) in [5, 5.41) is 7.99. The zero-order valence-corrected chi connectivity index (χ0v) is 8.85. The normalized spacial score (nSPS) is 10.2. The van der Waals surface area contributed by atoms with Crippen molar-refractivity contribution in [3.05, 3.63) is 59.4 Å². The van der Waals surface area contributed by atoms with E-state index < -0.39 is 0 Å². The van der Waals surface area contributed by atoms with Crippen LogP contribution < -0.4 is 0 Å². The summed E-state index contributed by atoms with van der Waals surface area (Å²) in [5.74, 6) is 0. The first kappa shape index (κ1) is 9.84. The molecule has 0 aliphatic heterocycles. The number of hydrogen-bond acceptors (Lipinski definition) is 2. The maximum absolute atomic E-state index is 4.10. The van der Waals surface area contributed by atoms with Crippen LogP contribution in [-0.4, -0.2) is 10.2 Å². The average molecular weight is 198 g/mol. The molecular weight excluding hydrogens is 184 g/mol. The molecule has 0 saturated heterocycles. The predicted molar refractivity (Wildman–Crippen MR) is 60.7 cm³/mol. The third kappa shape index (κ3) is 2.40. The van der Waals surface area contributed by atoms with E-state index in [0.717, 1.165) is 18.5 Å². The number of hydrogen-bond donors (Lipinski definition) is 0. The van der Waals surface area contributed by atoms with Crippen LogP contribution in [0.15, 0.2) is 42.6 Å². The molecule has 2 aromatic rings. The van der Waals surface area contributed by atoms with Gasteiger partial charge in [-0.15, -0.1) is 0 Å². The van der Waals surface area contributed by atoms with Crippen molar-refractivity contribution >= 4 is 0 Å². The highest BCUT2D eigenvalue weighted by atomic mass is 15.1. The smallest absolute Gasteiger partial charge is 0.0674 e. The molecule has 0 radical (unpaired) electrons. The van der Waals surface area contributed by atoms with Gasteiger partial charge in [0.05, 0.1) is 5.69 Å². The molecule has 0 amide bonds. The SMILES string of the molecule is CCc1ccccc1Cc1cccnn1. The van der Waals surface area contributed by atoms with E-state index in [1.54, 1.807) is 6.20 Å². The molecule has 2 heteroatoms. The van der Waals surface area contributed by atoms with E-state index in [1.807, 2.05) is 12.1 Å². The molecule has 15 heavy (non-hydrogen) atoms. The third-order valence-electron chi connectivity index (χ3n) is 2.50. The Bertz CT molecular complexity index is 424. The molecule has 0 spiro atoms. The predicted octanol–water partition coefficient (Wildman–Crippen LogP) is 2.63. The van der Waals surface area contributed by atoms with Crippen molar-refractivity contribution in [2.24, 2.45) is 0 Å². The number of aryl methyl sites for hydroxylation is 1. The van der Waals surface area contributed by atoms with Gasteiger partial charge in [0.15, 0.2) is 0 Å². The molecule has 0 saturated carbocycles. The molecule has 1 aromatic carbocycles. The summed E-state index contributed by atoms with van der Waals surface area (Å²) in [6.45, 7) is 2.18. The van der Waals surface area contributed by atoms with E-state index in [9.17, 15) is 0 Å². The van der Waals surface area contributed by atoms with Crippen LogP contribution >= 0.6 is 0 Å². The molecule has 0 aliphatic rings. The van der Waals surface area contributed by atoms with Gasteiger partial charge in [0, 0.05) is 12.6 Å². The zero-order valence-electron chi connectivity index (χ0n) is 8.85. The third-order valence-corrected chi connectivity index (χ3v) is 2.50. The van der Waals surface area contributed by atoms with E-state index in [4.69, 9.17) is 0 Å². The second-order valence-electron chi connectivity index (χ2n) is 3.51. The van der Waals surface area contributed by atoms with Crippen molar-refractivity contribution in [2.45, 2.75) is 19.8 Å². The molecule has 0 atom stereocenters. The Kier molecular flexibility index (Phi) is 3.08. The van der Waals surface area contributed by atoms with Gasteiger partial charge in [-0.05, 0) is 29.7 Å². The summed E-state index contributed by atoms with van der Waals surface area (Å²) in [7, 11) is 0. The lowest BCUT2D eigenvalue weighted by atomic mass is 10.0. The van der Waals surface area contributed by atoms with E-state index in [-0.39, 0.29) is 0 Å². The summed E-state index contributed by atoms with van der Waals surface area (Å²) in [4.78, 5) is 0. The topological polar surface area (TPSA) is 25.8 Å². The van der Waals surface area contributed by atoms with Crippen LogP contribution in [0, 0.1) is 0 Å². The zero-order chi connectivity index (χ0) is 10.5. The van der Waals surface area contributed by atoms with Gasteiger partial charge in [0.25, 0.3) is 0 Å². The highest BCUT2D eigenvalue weighted by Gasteiger charge is 2.01. The first-order valence-electron chi connectivity index (χ1n) is 5.23. The number of aromatic nitrogens is 2. The Morgan fingerprint density at radius 1 is 1.00 bits per heavy atom. The molecule has 0 fully saturated rings. The lowest BCUT2D eigenvalue weighted by Gasteiger charge is -2.06. The molecular formula is C13H14N2. The largest absolute Gasteiger partial charge is 0.159 e. The molecule has 1 aromatic heterocycles. The molecule has 0 N–H and O–H groups in total. The van der Waals surface area contributed by atoms with E-state index >= 15 is 0 Å². The van der Waals surface area contributed by atoms with Crippen LogP contribution in [0.2, 0.25) is 0 Å². The first-order valence-corrected chi connectivity index (χ1v) is 5.23. The van der Waals surface area contributed by atoms with Crippen LogP contribution in [-0.2, 0) is 12.8 Å². The van der Waals surface area contributed by atoms with Gasteiger partial charge in [0.1, 0.15) is 0 Å². The molecule has 76 valence electrons. The molecule has 0 bridgehead atoms. The fraction of sp³-hybridized carbons (Fsp3) is 0.231. The lowest BCUT2D eigenvalue weighted by molar-refractivity contribution is 0.926. The minimum absolute atomic E-state index is 0.873. The minimum atomic E-state index is 0.873. The van der Waals surface area contributed by atoms with E-state index in [1.165, 1.54) is 11.1 Å². The summed E-state index contributed by atoms with van der Waals surface area (Å²) < 4.78 is 0. The summed E-state index contributed by atoms with van der Waals surface area (Å²) in [5.41, 5.74) is 3.77. The second kappa shape index (κ2) is 4.69. The maximum Gasteiger partial charge on any atom is 0.0674 e. The van der Waals surface area contributed by atoms with E-state index in [2.05, 4.69) is 41.4 Å². The minimum Gasteiger partial charge on any atom is -0.159 e. The number of benzene rings is 1. The maximum atomic E-state index is 4.10. The molecule has 0 aliphatic carbocycles. The Hall–Kier alpha value is -1.70. The second-order valence-corrected chi connectivity index (χ2v) is 3.51. The van der Waals surface area contributed by atoms with Gasteiger partial charge < -0.3 is 0 Å². The highest BCUT2D eigenvalue weighted by Crippen LogP contribution is 2.12. The summed E-state index contributed by atoms with van der Waals surface area (Å²) in [6.07, 6.45) is 3.64. The molecule has 0 unspecified atom stereocenters. The van der Waals surface area contributed by atoms with Crippen molar-refractivity contribution in [2.75, 3.05) is 0 Å². The molecule has 2 nitrogen and oxygen atoms in total. The standard InChI is InChI=1S/C13H14N2/c1-2-11-6-3-4-7-12(11)10-13-8-5-9-14-15-13/h3-9H,2,10H2,1H3. The molecule has 1 heterocycles. The van der Waals surface area contributed by atoms with Crippen molar-refractivity contribution in [3.63, 3.8) is 0 Å². The average Bonchev–Trinajstić information content (AvgIpc) is 2.31.